The van der Waals surface area contributed by atoms with Gasteiger partial charge in [0.05, 0.1) is 0 Å². The number of hydrogen-bond donors (Lipinski definition) is 0. The Morgan fingerprint density at radius 3 is 3.00 bits per heavy atom. The van der Waals surface area contributed by atoms with Crippen molar-refractivity contribution in [1.82, 2.24) is 4.98 Å². The number of para-hydroxylation sites is 2. The maximum absolute atomic E-state index is 11.3. The SMILES string of the molecule is CC1N=NC(=O)C1=NOCc1nc2ccccc2o1. The van der Waals surface area contributed by atoms with Gasteiger partial charge in [0.15, 0.2) is 17.9 Å². The molecule has 7 heteroatoms. The van der Waals surface area contributed by atoms with Gasteiger partial charge in [-0.25, -0.2) is 4.98 Å². The fourth-order valence-electron chi connectivity index (χ4n) is 1.68. The first-order valence-corrected chi connectivity index (χ1v) is 5.73. The maximum atomic E-state index is 11.3. The van der Waals surface area contributed by atoms with Gasteiger partial charge in [0, 0.05) is 0 Å². The quantitative estimate of drug-likeness (QED) is 0.788. The minimum absolute atomic E-state index is 0.0537. The van der Waals surface area contributed by atoms with Crippen LogP contribution in [0.5, 0.6) is 0 Å². The summed E-state index contributed by atoms with van der Waals surface area (Å²) in [6.07, 6.45) is 0. The van der Waals surface area contributed by atoms with Crippen molar-refractivity contribution in [3.8, 4) is 0 Å². The van der Waals surface area contributed by atoms with E-state index in [1.54, 1.807) is 6.92 Å². The Morgan fingerprint density at radius 1 is 1.42 bits per heavy atom. The molecule has 19 heavy (non-hydrogen) atoms. The summed E-state index contributed by atoms with van der Waals surface area (Å²) in [6.45, 7) is 1.77. The van der Waals surface area contributed by atoms with Crippen LogP contribution in [0.15, 0.2) is 44.1 Å². The average molecular weight is 258 g/mol. The van der Waals surface area contributed by atoms with Crippen molar-refractivity contribution >= 4 is 22.7 Å². The predicted octanol–water partition coefficient (Wildman–Crippen LogP) is 2.08. The molecular weight excluding hydrogens is 248 g/mol. The number of nitrogens with zero attached hydrogens (tertiary/aromatic N) is 4. The van der Waals surface area contributed by atoms with Gasteiger partial charge < -0.3 is 9.25 Å². The molecule has 0 saturated heterocycles. The van der Waals surface area contributed by atoms with Crippen molar-refractivity contribution in [3.63, 3.8) is 0 Å². The fourth-order valence-corrected chi connectivity index (χ4v) is 1.68. The molecule has 0 bridgehead atoms. The number of hydrogen-bond acceptors (Lipinski definition) is 6. The van der Waals surface area contributed by atoms with Crippen molar-refractivity contribution in [3.05, 3.63) is 30.2 Å². The standard InChI is InChI=1S/C12H10N4O3/c1-7-11(12(17)15-14-7)16-18-6-10-13-8-4-2-3-5-9(8)19-10/h2-5,7H,6H2,1H3. The Balaban J connectivity index is 1.69. The largest absolute Gasteiger partial charge is 0.437 e. The fraction of sp³-hybridized carbons (Fsp3) is 0.250. The maximum Gasteiger partial charge on any atom is 0.315 e. The average Bonchev–Trinajstić information content (AvgIpc) is 2.95. The molecule has 1 aliphatic heterocycles. The second-order valence-corrected chi connectivity index (χ2v) is 4.02. The molecule has 1 atom stereocenters. The first-order chi connectivity index (χ1) is 9.24. The highest BCUT2D eigenvalue weighted by Crippen LogP contribution is 2.15. The number of amides is 1. The van der Waals surface area contributed by atoms with E-state index in [4.69, 9.17) is 9.25 Å². The molecule has 1 aromatic carbocycles. The molecule has 2 aromatic rings. The van der Waals surface area contributed by atoms with E-state index < -0.39 is 5.91 Å². The van der Waals surface area contributed by atoms with Gasteiger partial charge in [-0.05, 0) is 19.1 Å². The molecule has 0 radical (unpaired) electrons. The third kappa shape index (κ3) is 2.22. The van der Waals surface area contributed by atoms with Gasteiger partial charge in [-0.3, -0.25) is 4.79 Å². The summed E-state index contributed by atoms with van der Waals surface area (Å²) < 4.78 is 5.45. The summed E-state index contributed by atoms with van der Waals surface area (Å²) in [7, 11) is 0. The van der Waals surface area contributed by atoms with Crippen LogP contribution in [0.3, 0.4) is 0 Å². The second kappa shape index (κ2) is 4.60. The third-order valence-corrected chi connectivity index (χ3v) is 2.63. The highest BCUT2D eigenvalue weighted by Gasteiger charge is 2.25. The van der Waals surface area contributed by atoms with Crippen LogP contribution in [0.4, 0.5) is 0 Å². The van der Waals surface area contributed by atoms with Gasteiger partial charge in [-0.1, -0.05) is 17.3 Å². The lowest BCUT2D eigenvalue weighted by Crippen LogP contribution is -2.17. The Kier molecular flexibility index (Phi) is 2.79. The zero-order chi connectivity index (χ0) is 13.2. The van der Waals surface area contributed by atoms with E-state index in [2.05, 4.69) is 20.4 Å². The highest BCUT2D eigenvalue weighted by atomic mass is 16.6. The molecule has 0 N–H and O–H groups in total. The van der Waals surface area contributed by atoms with Crippen molar-refractivity contribution in [1.29, 1.82) is 0 Å². The first-order valence-electron chi connectivity index (χ1n) is 5.73. The number of fused-ring (bicyclic) bond motifs is 1. The van der Waals surface area contributed by atoms with E-state index in [1.807, 2.05) is 24.3 Å². The molecule has 3 rings (SSSR count). The highest BCUT2D eigenvalue weighted by molar-refractivity contribution is 6.42. The van der Waals surface area contributed by atoms with E-state index in [1.165, 1.54) is 0 Å². The van der Waals surface area contributed by atoms with Gasteiger partial charge in [0.1, 0.15) is 11.6 Å². The van der Waals surface area contributed by atoms with Crippen LogP contribution in [0.1, 0.15) is 12.8 Å². The number of azo groups is 1. The van der Waals surface area contributed by atoms with Crippen LogP contribution < -0.4 is 0 Å². The van der Waals surface area contributed by atoms with Crippen molar-refractivity contribution < 1.29 is 14.0 Å². The van der Waals surface area contributed by atoms with E-state index in [-0.39, 0.29) is 18.4 Å². The molecular formula is C12H10N4O3. The lowest BCUT2D eigenvalue weighted by Gasteiger charge is -1.98. The molecule has 1 aromatic heterocycles. The van der Waals surface area contributed by atoms with Gasteiger partial charge in [-0.15, -0.1) is 5.11 Å². The number of benzene rings is 1. The second-order valence-electron chi connectivity index (χ2n) is 4.02. The number of carbonyl (C=O) groups is 1. The van der Waals surface area contributed by atoms with E-state index in [0.717, 1.165) is 5.52 Å². The molecule has 0 fully saturated rings. The normalized spacial score (nSPS) is 20.6. The summed E-state index contributed by atoms with van der Waals surface area (Å²) in [5.41, 5.74) is 1.63. The number of carbonyl (C=O) groups excluding carboxylic acids is 1. The van der Waals surface area contributed by atoms with Crippen molar-refractivity contribution in [2.45, 2.75) is 19.6 Å². The zero-order valence-corrected chi connectivity index (χ0v) is 10.1. The molecule has 1 aliphatic rings. The molecule has 0 saturated carbocycles. The lowest BCUT2D eigenvalue weighted by atomic mass is 10.2. The molecule has 1 unspecified atom stereocenters. The number of rotatable bonds is 3. The van der Waals surface area contributed by atoms with Crippen LogP contribution in [-0.2, 0) is 16.2 Å². The van der Waals surface area contributed by atoms with Crippen molar-refractivity contribution in [2.24, 2.45) is 15.4 Å². The first kappa shape index (κ1) is 11.5. The number of oxazole rings is 1. The molecule has 0 spiro atoms. The Bertz CT molecular complexity index is 656. The van der Waals surface area contributed by atoms with Gasteiger partial charge in [0.2, 0.25) is 5.89 Å². The molecule has 1 amide bonds. The van der Waals surface area contributed by atoms with Gasteiger partial charge >= 0.3 is 5.91 Å². The Labute approximate surface area is 108 Å². The van der Waals surface area contributed by atoms with Gasteiger partial charge in [-0.2, -0.15) is 5.11 Å². The summed E-state index contributed by atoms with van der Waals surface area (Å²) in [6, 6.07) is 7.03. The van der Waals surface area contributed by atoms with E-state index >= 15 is 0 Å². The topological polar surface area (TPSA) is 89.4 Å². The summed E-state index contributed by atoms with van der Waals surface area (Å²) in [4.78, 5) is 20.5. The van der Waals surface area contributed by atoms with E-state index in [9.17, 15) is 4.79 Å². The van der Waals surface area contributed by atoms with Crippen LogP contribution in [0.2, 0.25) is 0 Å². The molecule has 7 nitrogen and oxygen atoms in total. The van der Waals surface area contributed by atoms with Crippen LogP contribution in [-0.4, -0.2) is 22.6 Å². The molecule has 0 aliphatic carbocycles. The van der Waals surface area contributed by atoms with Crippen LogP contribution in [0.25, 0.3) is 11.1 Å². The van der Waals surface area contributed by atoms with E-state index in [0.29, 0.717) is 11.5 Å². The molecule has 2 heterocycles. The summed E-state index contributed by atoms with van der Waals surface area (Å²) in [5, 5.41) is 10.8. The van der Waals surface area contributed by atoms with Crippen LogP contribution in [0, 0.1) is 0 Å². The molecule has 96 valence electrons. The Hall–Kier alpha value is -2.57. The zero-order valence-electron chi connectivity index (χ0n) is 10.1. The monoisotopic (exact) mass is 258 g/mol. The van der Waals surface area contributed by atoms with Gasteiger partial charge in [0.25, 0.3) is 0 Å². The summed E-state index contributed by atoms with van der Waals surface area (Å²) >= 11 is 0. The number of oxime groups is 1. The minimum Gasteiger partial charge on any atom is -0.437 e. The predicted molar refractivity (Wildman–Crippen MR) is 65.6 cm³/mol. The number of aromatic nitrogens is 1. The van der Waals surface area contributed by atoms with Crippen molar-refractivity contribution in [2.75, 3.05) is 0 Å². The Morgan fingerprint density at radius 2 is 2.26 bits per heavy atom. The minimum atomic E-state index is -0.468. The summed E-state index contributed by atoms with van der Waals surface area (Å²) in [5.74, 6) is -0.0670. The van der Waals surface area contributed by atoms with Crippen LogP contribution >= 0.6 is 0 Å². The smallest absolute Gasteiger partial charge is 0.315 e. The lowest BCUT2D eigenvalue weighted by molar-refractivity contribution is -0.112. The third-order valence-electron chi connectivity index (χ3n) is 2.63.